The topological polar surface area (TPSA) is 45.8 Å². The van der Waals surface area contributed by atoms with Crippen molar-refractivity contribution in [1.29, 1.82) is 0 Å². The van der Waals surface area contributed by atoms with Crippen LogP contribution < -0.4 is 0 Å². The number of aliphatic hydroxyl groups excluding tert-OH is 1. The SMILES string of the molecule is OC(CC1CCCCCN1CC1CCCO1)c1ccco1. The summed E-state index contributed by atoms with van der Waals surface area (Å²) in [4.78, 5) is 2.55. The molecule has 2 aliphatic rings. The third kappa shape index (κ3) is 4.09. The van der Waals surface area contributed by atoms with E-state index in [2.05, 4.69) is 4.90 Å². The first-order valence-electron chi connectivity index (χ1n) is 8.40. The Hall–Kier alpha value is -0.840. The van der Waals surface area contributed by atoms with Crippen molar-refractivity contribution in [3.8, 4) is 0 Å². The molecular weight excluding hydrogens is 266 g/mol. The van der Waals surface area contributed by atoms with E-state index < -0.39 is 6.10 Å². The Balaban J connectivity index is 1.60. The molecule has 0 radical (unpaired) electrons. The average Bonchev–Trinajstić information content (AvgIpc) is 3.14. The zero-order valence-electron chi connectivity index (χ0n) is 12.7. The largest absolute Gasteiger partial charge is 0.467 e. The van der Waals surface area contributed by atoms with Crippen molar-refractivity contribution in [3.63, 3.8) is 0 Å². The van der Waals surface area contributed by atoms with Crippen LogP contribution in [0.15, 0.2) is 22.8 Å². The van der Waals surface area contributed by atoms with Gasteiger partial charge in [-0.15, -0.1) is 0 Å². The maximum absolute atomic E-state index is 10.4. The van der Waals surface area contributed by atoms with Gasteiger partial charge in [-0.2, -0.15) is 0 Å². The Morgan fingerprint density at radius 2 is 2.19 bits per heavy atom. The Kier molecular flexibility index (Phi) is 5.33. The van der Waals surface area contributed by atoms with Gasteiger partial charge in [0.25, 0.3) is 0 Å². The van der Waals surface area contributed by atoms with E-state index in [1.807, 2.05) is 12.1 Å². The molecule has 0 saturated carbocycles. The molecule has 3 heterocycles. The van der Waals surface area contributed by atoms with E-state index >= 15 is 0 Å². The number of likely N-dealkylation sites (tertiary alicyclic amines) is 1. The van der Waals surface area contributed by atoms with Crippen molar-refractivity contribution in [3.05, 3.63) is 24.2 Å². The number of ether oxygens (including phenoxy) is 1. The Bertz CT molecular complexity index is 400. The third-order valence-corrected chi connectivity index (χ3v) is 4.83. The summed E-state index contributed by atoms with van der Waals surface area (Å²) in [7, 11) is 0. The molecule has 4 nitrogen and oxygen atoms in total. The molecule has 0 spiro atoms. The fourth-order valence-corrected chi connectivity index (χ4v) is 3.65. The molecule has 2 aliphatic heterocycles. The van der Waals surface area contributed by atoms with Gasteiger partial charge in [-0.25, -0.2) is 0 Å². The van der Waals surface area contributed by atoms with Gasteiger partial charge in [0, 0.05) is 19.2 Å². The van der Waals surface area contributed by atoms with Gasteiger partial charge in [0.1, 0.15) is 11.9 Å². The number of rotatable bonds is 5. The van der Waals surface area contributed by atoms with E-state index in [4.69, 9.17) is 9.15 Å². The molecule has 1 aromatic heterocycles. The molecule has 3 rings (SSSR count). The minimum Gasteiger partial charge on any atom is -0.467 e. The second kappa shape index (κ2) is 7.43. The van der Waals surface area contributed by atoms with Crippen LogP contribution in [0.4, 0.5) is 0 Å². The molecule has 0 aromatic carbocycles. The van der Waals surface area contributed by atoms with E-state index in [1.165, 1.54) is 38.5 Å². The molecule has 0 bridgehead atoms. The van der Waals surface area contributed by atoms with Gasteiger partial charge in [0.05, 0.1) is 12.4 Å². The summed E-state index contributed by atoms with van der Waals surface area (Å²) in [6.45, 7) is 3.07. The first kappa shape index (κ1) is 15.1. The van der Waals surface area contributed by atoms with Crippen LogP contribution in [0, 0.1) is 0 Å². The van der Waals surface area contributed by atoms with Gasteiger partial charge in [0.2, 0.25) is 0 Å². The Morgan fingerprint density at radius 3 is 2.95 bits per heavy atom. The molecule has 21 heavy (non-hydrogen) atoms. The number of nitrogens with zero attached hydrogens (tertiary/aromatic N) is 1. The number of hydrogen-bond acceptors (Lipinski definition) is 4. The van der Waals surface area contributed by atoms with Crippen molar-refractivity contribution in [1.82, 2.24) is 4.90 Å². The van der Waals surface area contributed by atoms with E-state index in [0.717, 1.165) is 26.1 Å². The predicted molar refractivity (Wildman–Crippen MR) is 81.1 cm³/mol. The van der Waals surface area contributed by atoms with E-state index in [-0.39, 0.29) is 0 Å². The predicted octanol–water partition coefficient (Wildman–Crippen LogP) is 3.13. The molecular formula is C17H27NO3. The van der Waals surface area contributed by atoms with E-state index in [9.17, 15) is 5.11 Å². The van der Waals surface area contributed by atoms with Crippen LogP contribution in [0.1, 0.15) is 56.8 Å². The Morgan fingerprint density at radius 1 is 1.24 bits per heavy atom. The zero-order valence-corrected chi connectivity index (χ0v) is 12.7. The second-order valence-electron chi connectivity index (χ2n) is 6.40. The molecule has 0 aliphatic carbocycles. The minimum absolute atomic E-state index is 0.395. The third-order valence-electron chi connectivity index (χ3n) is 4.83. The highest BCUT2D eigenvalue weighted by atomic mass is 16.5. The summed E-state index contributed by atoms with van der Waals surface area (Å²) in [5, 5.41) is 10.4. The smallest absolute Gasteiger partial charge is 0.132 e. The molecule has 0 amide bonds. The van der Waals surface area contributed by atoms with Gasteiger partial charge in [0.15, 0.2) is 0 Å². The lowest BCUT2D eigenvalue weighted by Gasteiger charge is -2.32. The van der Waals surface area contributed by atoms with Crippen molar-refractivity contribution in [2.24, 2.45) is 0 Å². The maximum Gasteiger partial charge on any atom is 0.132 e. The number of aliphatic hydroxyl groups is 1. The van der Waals surface area contributed by atoms with Crippen LogP contribution in [-0.2, 0) is 4.74 Å². The fourth-order valence-electron chi connectivity index (χ4n) is 3.65. The van der Waals surface area contributed by atoms with Crippen molar-refractivity contribution in [2.75, 3.05) is 19.7 Å². The molecule has 1 N–H and O–H groups in total. The van der Waals surface area contributed by atoms with Gasteiger partial charge < -0.3 is 14.3 Å². The zero-order chi connectivity index (χ0) is 14.5. The summed E-state index contributed by atoms with van der Waals surface area (Å²) >= 11 is 0. The lowest BCUT2D eigenvalue weighted by atomic mass is 10.0. The van der Waals surface area contributed by atoms with Gasteiger partial charge in [-0.3, -0.25) is 4.90 Å². The normalized spacial score (nSPS) is 29.4. The van der Waals surface area contributed by atoms with Gasteiger partial charge >= 0.3 is 0 Å². The van der Waals surface area contributed by atoms with Crippen LogP contribution in [0.3, 0.4) is 0 Å². The van der Waals surface area contributed by atoms with Crippen molar-refractivity contribution in [2.45, 2.75) is 63.2 Å². The lowest BCUT2D eigenvalue weighted by molar-refractivity contribution is 0.0379. The first-order chi connectivity index (χ1) is 10.3. The summed E-state index contributed by atoms with van der Waals surface area (Å²) in [5.41, 5.74) is 0. The highest BCUT2D eigenvalue weighted by Gasteiger charge is 2.28. The Labute approximate surface area is 127 Å². The second-order valence-corrected chi connectivity index (χ2v) is 6.40. The van der Waals surface area contributed by atoms with E-state index in [1.54, 1.807) is 6.26 Å². The fraction of sp³-hybridized carbons (Fsp3) is 0.765. The van der Waals surface area contributed by atoms with Crippen LogP contribution in [-0.4, -0.2) is 41.8 Å². The average molecular weight is 293 g/mol. The molecule has 2 saturated heterocycles. The van der Waals surface area contributed by atoms with Crippen molar-refractivity contribution < 1.29 is 14.3 Å². The summed E-state index contributed by atoms with van der Waals surface area (Å²) in [6.07, 6.45) is 9.68. The molecule has 3 atom stereocenters. The van der Waals surface area contributed by atoms with E-state index in [0.29, 0.717) is 17.9 Å². The van der Waals surface area contributed by atoms with Gasteiger partial charge in [-0.1, -0.05) is 12.8 Å². The highest BCUT2D eigenvalue weighted by Crippen LogP contribution is 2.27. The monoisotopic (exact) mass is 293 g/mol. The first-order valence-corrected chi connectivity index (χ1v) is 8.40. The summed E-state index contributed by atoms with van der Waals surface area (Å²) in [6, 6.07) is 4.15. The lowest BCUT2D eigenvalue weighted by Crippen LogP contribution is -2.41. The molecule has 4 heteroatoms. The number of furan rings is 1. The minimum atomic E-state index is -0.491. The highest BCUT2D eigenvalue weighted by molar-refractivity contribution is 5.02. The number of hydrogen-bond donors (Lipinski definition) is 1. The summed E-state index contributed by atoms with van der Waals surface area (Å²) < 4.78 is 11.1. The molecule has 2 fully saturated rings. The van der Waals surface area contributed by atoms with Gasteiger partial charge in [-0.05, 0) is 50.8 Å². The molecule has 1 aromatic rings. The van der Waals surface area contributed by atoms with Crippen molar-refractivity contribution >= 4 is 0 Å². The van der Waals surface area contributed by atoms with Crippen LogP contribution in [0.5, 0.6) is 0 Å². The maximum atomic E-state index is 10.4. The molecule has 3 unspecified atom stereocenters. The quantitative estimate of drug-likeness (QED) is 0.906. The summed E-state index contributed by atoms with van der Waals surface area (Å²) in [5.74, 6) is 0.691. The van der Waals surface area contributed by atoms with Crippen LogP contribution in [0.25, 0.3) is 0 Å². The van der Waals surface area contributed by atoms with Crippen LogP contribution >= 0.6 is 0 Å². The standard InChI is InChI=1S/C17H27NO3/c19-16(17-8-5-11-21-17)12-14-6-2-1-3-9-18(14)13-15-7-4-10-20-15/h5,8,11,14-16,19H,1-4,6-7,9-10,12-13H2. The van der Waals surface area contributed by atoms with Crippen LogP contribution in [0.2, 0.25) is 0 Å². The molecule has 118 valence electrons.